The SMILES string of the molecule is CC(=O)CBr.F.FF.FF.FF. The van der Waals surface area contributed by atoms with Gasteiger partial charge in [0, 0.05) is 27.4 Å². The van der Waals surface area contributed by atoms with E-state index in [9.17, 15) is 4.79 Å². The summed E-state index contributed by atoms with van der Waals surface area (Å²) in [4.78, 5) is 9.77. The minimum atomic E-state index is 0. The molecule has 0 fully saturated rings. The summed E-state index contributed by atoms with van der Waals surface area (Å²) < 4.78 is 48.0. The zero-order chi connectivity index (χ0) is 10.3. The van der Waals surface area contributed by atoms with E-state index < -0.39 is 0 Å². The van der Waals surface area contributed by atoms with Crippen LogP contribution in [0.5, 0.6) is 0 Å². The van der Waals surface area contributed by atoms with Crippen LogP contribution in [0, 0.1) is 0 Å². The molecule has 0 saturated heterocycles. The van der Waals surface area contributed by atoms with Crippen molar-refractivity contribution in [3.8, 4) is 0 Å². The van der Waals surface area contributed by atoms with Crippen LogP contribution in [-0.4, -0.2) is 11.1 Å². The number of halogens is 8. The Morgan fingerprint density at radius 1 is 1.08 bits per heavy atom. The summed E-state index contributed by atoms with van der Waals surface area (Å²) in [6.45, 7) is 1.54. The Balaban J connectivity index is -0.0000000203. The van der Waals surface area contributed by atoms with E-state index in [0.29, 0.717) is 5.33 Å². The van der Waals surface area contributed by atoms with Crippen LogP contribution in [0.1, 0.15) is 6.92 Å². The van der Waals surface area contributed by atoms with Crippen LogP contribution in [0.25, 0.3) is 0 Å². The first kappa shape index (κ1) is 29.9. The zero-order valence-electron chi connectivity index (χ0n) is 5.67. The van der Waals surface area contributed by atoms with Gasteiger partial charge in [0.25, 0.3) is 0 Å². The molecule has 0 aliphatic carbocycles. The smallest absolute Gasteiger partial charge is 0.140 e. The molecule has 0 heterocycles. The Bertz CT molecular complexity index is 53.9. The highest BCUT2D eigenvalue weighted by Crippen LogP contribution is 1.76. The summed E-state index contributed by atoms with van der Waals surface area (Å²) in [6.07, 6.45) is 0. The van der Waals surface area contributed by atoms with Gasteiger partial charge < -0.3 is 0 Å². The first-order valence-electron chi connectivity index (χ1n) is 1.75. The first-order chi connectivity index (χ1) is 5.27. The molecule has 0 unspecified atom stereocenters. The van der Waals surface area contributed by atoms with Crippen LogP contribution < -0.4 is 0 Å². The molecule has 0 aromatic carbocycles. The minimum Gasteiger partial charge on any atom is -0.299 e. The lowest BCUT2D eigenvalue weighted by atomic mass is 10.5. The number of carbonyl (C=O) groups excluding carboxylic acids is 1. The Morgan fingerprint density at radius 3 is 1.17 bits per heavy atom. The number of hydrogen-bond acceptors (Lipinski definition) is 1. The molecule has 9 heteroatoms. The third kappa shape index (κ3) is 263. The molecule has 0 aliphatic heterocycles. The highest BCUT2D eigenvalue weighted by Gasteiger charge is 1.78. The highest BCUT2D eigenvalue weighted by molar-refractivity contribution is 9.09. The molecule has 1 nitrogen and oxygen atoms in total. The Morgan fingerprint density at radius 2 is 1.17 bits per heavy atom. The van der Waals surface area contributed by atoms with E-state index in [1.165, 1.54) is 6.92 Å². The predicted octanol–water partition coefficient (Wildman–Crippen LogP) is 3.64. The Labute approximate surface area is 71.8 Å². The second-order valence-corrected chi connectivity index (χ2v) is 1.40. The fourth-order valence-electron chi connectivity index (χ4n) is 0. The Kier molecular flexibility index (Phi) is 185. The summed E-state index contributed by atoms with van der Waals surface area (Å²) in [6, 6.07) is 0. The van der Waals surface area contributed by atoms with Gasteiger partial charge >= 0.3 is 0 Å². The van der Waals surface area contributed by atoms with Gasteiger partial charge in [-0.15, -0.1) is 0 Å². The van der Waals surface area contributed by atoms with Crippen molar-refractivity contribution in [2.24, 2.45) is 0 Å². The van der Waals surface area contributed by atoms with E-state index in [4.69, 9.17) is 27.4 Å². The summed E-state index contributed by atoms with van der Waals surface area (Å²) in [7, 11) is 0. The zero-order valence-corrected chi connectivity index (χ0v) is 7.26. The molecular weight excluding hydrogens is 265 g/mol. The van der Waals surface area contributed by atoms with Gasteiger partial charge in [-0.2, -0.15) is 0 Å². The van der Waals surface area contributed by atoms with E-state index in [2.05, 4.69) is 15.9 Å². The molecule has 0 rings (SSSR count). The lowest BCUT2D eigenvalue weighted by molar-refractivity contribution is -0.114. The van der Waals surface area contributed by atoms with Gasteiger partial charge in [0.1, 0.15) is 5.78 Å². The molecule has 12 heavy (non-hydrogen) atoms. The molecule has 0 atom stereocenters. The standard InChI is InChI=1S/C3H5BrO.3F2.FH/c1-3(5)2-4;3*1-2;/h2H2,1H3;;;;1H. The fourth-order valence-corrected chi connectivity index (χ4v) is 0. The van der Waals surface area contributed by atoms with Crippen LogP contribution in [0.4, 0.5) is 32.1 Å². The summed E-state index contributed by atoms with van der Waals surface area (Å²) >= 11 is 2.96. The summed E-state index contributed by atoms with van der Waals surface area (Å²) in [5.41, 5.74) is 0. The van der Waals surface area contributed by atoms with Gasteiger partial charge in [-0.3, -0.25) is 9.50 Å². The number of alkyl halides is 1. The minimum absolute atomic E-state index is 0. The third-order valence-corrected chi connectivity index (χ3v) is 0.978. The molecular formula is C3H6BrF7O. The predicted molar refractivity (Wildman–Crippen MR) is 33.6 cm³/mol. The van der Waals surface area contributed by atoms with Gasteiger partial charge in [0.15, 0.2) is 0 Å². The van der Waals surface area contributed by atoms with Crippen molar-refractivity contribution in [3.05, 3.63) is 0 Å². The van der Waals surface area contributed by atoms with Crippen LogP contribution in [-0.2, 0) is 4.79 Å². The van der Waals surface area contributed by atoms with E-state index in [0.717, 1.165) is 0 Å². The molecule has 0 amide bonds. The summed E-state index contributed by atoms with van der Waals surface area (Å²) in [5.74, 6) is 0.171. The van der Waals surface area contributed by atoms with Crippen molar-refractivity contribution in [2.75, 3.05) is 5.33 Å². The van der Waals surface area contributed by atoms with E-state index in [-0.39, 0.29) is 10.5 Å². The Hall–Kier alpha value is -0.340. The van der Waals surface area contributed by atoms with E-state index in [1.54, 1.807) is 0 Å². The summed E-state index contributed by atoms with van der Waals surface area (Å²) in [5, 5.41) is 0.479. The van der Waals surface area contributed by atoms with Crippen molar-refractivity contribution in [1.82, 2.24) is 0 Å². The van der Waals surface area contributed by atoms with Crippen LogP contribution in [0.15, 0.2) is 0 Å². The van der Waals surface area contributed by atoms with Gasteiger partial charge in [0.05, 0.1) is 5.33 Å². The second-order valence-electron chi connectivity index (χ2n) is 0.836. The van der Waals surface area contributed by atoms with Crippen molar-refractivity contribution in [1.29, 1.82) is 0 Å². The first-order valence-corrected chi connectivity index (χ1v) is 2.87. The van der Waals surface area contributed by atoms with Gasteiger partial charge in [0.2, 0.25) is 0 Å². The maximum Gasteiger partial charge on any atom is 0.140 e. The molecule has 0 aromatic heterocycles. The van der Waals surface area contributed by atoms with Crippen molar-refractivity contribution in [2.45, 2.75) is 6.92 Å². The van der Waals surface area contributed by atoms with E-state index in [1.807, 2.05) is 0 Å². The number of Topliss-reactive ketones (excluding diaryl/α,β-unsaturated/α-hetero) is 1. The topological polar surface area (TPSA) is 17.1 Å². The van der Waals surface area contributed by atoms with Crippen molar-refractivity contribution >= 4 is 21.7 Å². The quantitative estimate of drug-likeness (QED) is 0.525. The average Bonchev–Trinajstić information content (AvgIpc) is 2.15. The number of hydrogen-bond donors (Lipinski definition) is 0. The lowest BCUT2D eigenvalue weighted by Gasteiger charge is -1.69. The lowest BCUT2D eigenvalue weighted by Crippen LogP contribution is -1.85. The molecule has 0 aromatic rings. The average molecular weight is 271 g/mol. The van der Waals surface area contributed by atoms with E-state index >= 15 is 0 Å². The number of rotatable bonds is 1. The highest BCUT2D eigenvalue weighted by atomic mass is 79.9. The third-order valence-electron chi connectivity index (χ3n) is 0.188. The maximum absolute atomic E-state index is 9.77. The molecule has 0 N–H and O–H groups in total. The molecule has 0 radical (unpaired) electrons. The monoisotopic (exact) mass is 270 g/mol. The van der Waals surface area contributed by atoms with Crippen molar-refractivity contribution < 1.29 is 36.9 Å². The molecule has 0 spiro atoms. The molecule has 0 saturated carbocycles. The molecule has 80 valence electrons. The maximum atomic E-state index is 9.77. The molecule has 0 aliphatic rings. The fraction of sp³-hybridized carbons (Fsp3) is 0.667. The van der Waals surface area contributed by atoms with Gasteiger partial charge in [-0.1, -0.05) is 15.9 Å². The largest absolute Gasteiger partial charge is 0.299 e. The van der Waals surface area contributed by atoms with Crippen LogP contribution >= 0.6 is 15.9 Å². The number of ketones is 1. The van der Waals surface area contributed by atoms with Gasteiger partial charge in [-0.25, -0.2) is 0 Å². The van der Waals surface area contributed by atoms with Crippen LogP contribution in [0.3, 0.4) is 0 Å². The van der Waals surface area contributed by atoms with Gasteiger partial charge in [-0.05, 0) is 6.92 Å². The molecule has 0 bridgehead atoms. The van der Waals surface area contributed by atoms with Crippen LogP contribution in [0.2, 0.25) is 0 Å². The number of carbonyl (C=O) groups is 1. The van der Waals surface area contributed by atoms with Crippen molar-refractivity contribution in [3.63, 3.8) is 0 Å². The normalized spacial score (nSPS) is 4.67. The second kappa shape index (κ2) is 74.3.